The van der Waals surface area contributed by atoms with Crippen molar-refractivity contribution in [3.05, 3.63) is 60.4 Å². The third-order valence-corrected chi connectivity index (χ3v) is 6.50. The van der Waals surface area contributed by atoms with Crippen LogP contribution in [0.15, 0.2) is 49.3 Å². The number of nitriles is 1. The maximum Gasteiger partial charge on any atom is 0.255 e. The van der Waals surface area contributed by atoms with Gasteiger partial charge in [0.1, 0.15) is 12.2 Å². The van der Waals surface area contributed by atoms with Gasteiger partial charge in [-0.15, -0.1) is 0 Å². The minimum atomic E-state index is -1.65. The van der Waals surface area contributed by atoms with Crippen molar-refractivity contribution in [1.82, 2.24) is 34.9 Å². The lowest BCUT2D eigenvalue weighted by molar-refractivity contribution is -0.00177. The zero-order valence-electron chi connectivity index (χ0n) is 21.4. The Labute approximate surface area is 223 Å². The molecule has 12 nitrogen and oxygen atoms in total. The number of nitrogens with one attached hydrogen (secondary N) is 2. The Balaban J connectivity index is 1.44. The number of aliphatic hydroxyl groups is 1. The summed E-state index contributed by atoms with van der Waals surface area (Å²) in [6.45, 7) is 3.68. The van der Waals surface area contributed by atoms with E-state index in [2.05, 4.69) is 40.6 Å². The second-order valence-electron chi connectivity index (χ2n) is 9.85. The van der Waals surface area contributed by atoms with Gasteiger partial charge >= 0.3 is 0 Å². The molecule has 0 unspecified atom stereocenters. The Morgan fingerprint density at radius 3 is 2.79 bits per heavy atom. The standard InChI is InChI=1S/C26H27FN10O2/c1-26(2,39)22(27)13-33-24(38)19-11-31-20(18-12-34-37-14-16(9-28)10-32-23(18)37)8-21(19)35-17-4-7-36(15-17)25-29-5-3-6-30-25/h3,5-6,8,10-12,14,17,22,39H,4,7,13,15H2,1-2H3,(H,31,35)(H,33,38)/t17-,22-/m1/s1. The summed E-state index contributed by atoms with van der Waals surface area (Å²) in [5.74, 6) is 0.103. The van der Waals surface area contributed by atoms with Crippen LogP contribution in [0.2, 0.25) is 0 Å². The highest BCUT2D eigenvalue weighted by atomic mass is 19.1. The lowest BCUT2D eigenvalue weighted by Crippen LogP contribution is -2.42. The van der Waals surface area contributed by atoms with E-state index in [0.29, 0.717) is 40.6 Å². The molecule has 0 bridgehead atoms. The van der Waals surface area contributed by atoms with Crippen molar-refractivity contribution in [2.45, 2.75) is 38.1 Å². The van der Waals surface area contributed by atoms with Crippen molar-refractivity contribution < 1.29 is 14.3 Å². The van der Waals surface area contributed by atoms with Gasteiger partial charge in [0.2, 0.25) is 5.95 Å². The van der Waals surface area contributed by atoms with E-state index in [9.17, 15) is 14.3 Å². The molecule has 13 heteroatoms. The van der Waals surface area contributed by atoms with Crippen LogP contribution in [0.5, 0.6) is 0 Å². The number of hydrogen-bond donors (Lipinski definition) is 3. The molecule has 0 aliphatic carbocycles. The van der Waals surface area contributed by atoms with Gasteiger partial charge in [-0.3, -0.25) is 9.78 Å². The van der Waals surface area contributed by atoms with E-state index in [4.69, 9.17) is 5.26 Å². The molecule has 4 aromatic rings. The summed E-state index contributed by atoms with van der Waals surface area (Å²) in [5.41, 5.74) is 1.14. The minimum absolute atomic E-state index is 0.0267. The molecule has 0 spiro atoms. The quantitative estimate of drug-likeness (QED) is 0.308. The smallest absolute Gasteiger partial charge is 0.255 e. The fourth-order valence-electron chi connectivity index (χ4n) is 4.28. The number of aromatic nitrogens is 6. The molecule has 3 N–H and O–H groups in total. The number of hydrogen-bond acceptors (Lipinski definition) is 10. The lowest BCUT2D eigenvalue weighted by atomic mass is 10.0. The van der Waals surface area contributed by atoms with Crippen molar-refractivity contribution in [3.63, 3.8) is 0 Å². The maximum absolute atomic E-state index is 14.3. The molecule has 39 heavy (non-hydrogen) atoms. The molecule has 4 aromatic heterocycles. The summed E-state index contributed by atoms with van der Waals surface area (Å²) >= 11 is 0. The number of carbonyl (C=O) groups is 1. The van der Waals surface area contributed by atoms with Crippen molar-refractivity contribution in [3.8, 4) is 17.3 Å². The molecule has 1 fully saturated rings. The molecule has 1 aliphatic heterocycles. The summed E-state index contributed by atoms with van der Waals surface area (Å²) in [7, 11) is 0. The average Bonchev–Trinajstić information content (AvgIpc) is 3.58. The number of fused-ring (bicyclic) bond motifs is 1. The fourth-order valence-corrected chi connectivity index (χ4v) is 4.28. The highest BCUT2D eigenvalue weighted by Gasteiger charge is 2.29. The maximum atomic E-state index is 14.3. The van der Waals surface area contributed by atoms with Gasteiger partial charge in [0.15, 0.2) is 5.65 Å². The predicted octanol–water partition coefficient (Wildman–Crippen LogP) is 1.98. The lowest BCUT2D eigenvalue weighted by Gasteiger charge is -2.23. The summed E-state index contributed by atoms with van der Waals surface area (Å²) in [6, 6.07) is 5.50. The molecule has 5 rings (SSSR count). The van der Waals surface area contributed by atoms with Gasteiger partial charge in [-0.1, -0.05) is 0 Å². The first kappa shape index (κ1) is 25.9. The number of carbonyl (C=O) groups excluding carboxylic acids is 1. The van der Waals surface area contributed by atoms with Crippen LogP contribution in [-0.4, -0.2) is 78.0 Å². The van der Waals surface area contributed by atoms with E-state index >= 15 is 0 Å². The highest BCUT2D eigenvalue weighted by Crippen LogP contribution is 2.28. The number of amides is 1. The number of nitrogens with zero attached hydrogens (tertiary/aromatic N) is 8. The molecule has 0 radical (unpaired) electrons. The first-order valence-electron chi connectivity index (χ1n) is 12.4. The van der Waals surface area contributed by atoms with Crippen LogP contribution in [-0.2, 0) is 0 Å². The molecule has 5 heterocycles. The van der Waals surface area contributed by atoms with E-state index in [1.807, 2.05) is 6.07 Å². The Morgan fingerprint density at radius 2 is 2.05 bits per heavy atom. The zero-order valence-corrected chi connectivity index (χ0v) is 21.4. The van der Waals surface area contributed by atoms with Crippen molar-refractivity contribution in [2.24, 2.45) is 0 Å². The van der Waals surface area contributed by atoms with Crippen LogP contribution >= 0.6 is 0 Å². The van der Waals surface area contributed by atoms with Gasteiger partial charge in [-0.2, -0.15) is 10.4 Å². The molecule has 1 amide bonds. The highest BCUT2D eigenvalue weighted by molar-refractivity contribution is 6.00. The number of anilines is 2. The number of halogens is 1. The second-order valence-corrected chi connectivity index (χ2v) is 9.85. The Morgan fingerprint density at radius 1 is 1.26 bits per heavy atom. The van der Waals surface area contributed by atoms with Crippen LogP contribution in [0.25, 0.3) is 16.9 Å². The van der Waals surface area contributed by atoms with Crippen LogP contribution in [0.1, 0.15) is 36.2 Å². The van der Waals surface area contributed by atoms with Gasteiger partial charge < -0.3 is 20.6 Å². The molecule has 2 atom stereocenters. The summed E-state index contributed by atoms with van der Waals surface area (Å²) in [4.78, 5) is 32.6. The van der Waals surface area contributed by atoms with Crippen LogP contribution in [0.4, 0.5) is 16.0 Å². The molecular weight excluding hydrogens is 503 g/mol. The summed E-state index contributed by atoms with van der Waals surface area (Å²) in [6.07, 6.45) is 8.55. The number of alkyl halides is 1. The van der Waals surface area contributed by atoms with Crippen molar-refractivity contribution in [2.75, 3.05) is 29.9 Å². The topological polar surface area (TPSA) is 157 Å². The van der Waals surface area contributed by atoms with E-state index in [0.717, 1.165) is 13.0 Å². The zero-order chi connectivity index (χ0) is 27.6. The average molecular weight is 531 g/mol. The molecule has 0 aromatic carbocycles. The molecule has 1 saturated heterocycles. The first-order chi connectivity index (χ1) is 18.7. The molecular formula is C26H27FN10O2. The second kappa shape index (κ2) is 10.6. The Kier molecular flexibility index (Phi) is 7.03. The van der Waals surface area contributed by atoms with Crippen molar-refractivity contribution >= 4 is 23.2 Å². The van der Waals surface area contributed by atoms with Gasteiger partial charge in [0.05, 0.1) is 52.6 Å². The van der Waals surface area contributed by atoms with E-state index in [1.165, 1.54) is 30.8 Å². The van der Waals surface area contributed by atoms with E-state index < -0.39 is 17.7 Å². The van der Waals surface area contributed by atoms with Crippen LogP contribution < -0.4 is 15.5 Å². The van der Waals surface area contributed by atoms with Crippen LogP contribution in [0.3, 0.4) is 0 Å². The van der Waals surface area contributed by atoms with Gasteiger partial charge in [-0.25, -0.2) is 23.9 Å². The fraction of sp³-hybridized carbons (Fsp3) is 0.346. The van der Waals surface area contributed by atoms with Crippen LogP contribution in [0, 0.1) is 11.3 Å². The van der Waals surface area contributed by atoms with Crippen molar-refractivity contribution in [1.29, 1.82) is 5.26 Å². The molecule has 200 valence electrons. The Bertz CT molecular complexity index is 1530. The number of rotatable bonds is 8. The van der Waals surface area contributed by atoms with Gasteiger partial charge in [0, 0.05) is 43.9 Å². The van der Waals surface area contributed by atoms with Gasteiger partial charge in [0.25, 0.3) is 5.91 Å². The van der Waals surface area contributed by atoms with Gasteiger partial charge in [-0.05, 0) is 32.4 Å². The van der Waals surface area contributed by atoms with E-state index in [-0.39, 0.29) is 18.2 Å². The first-order valence-corrected chi connectivity index (χ1v) is 12.4. The summed E-state index contributed by atoms with van der Waals surface area (Å²) < 4.78 is 15.8. The molecule has 1 aliphatic rings. The summed E-state index contributed by atoms with van der Waals surface area (Å²) in [5, 5.41) is 29.3. The predicted molar refractivity (Wildman–Crippen MR) is 141 cm³/mol. The largest absolute Gasteiger partial charge is 0.387 e. The third kappa shape index (κ3) is 5.60. The van der Waals surface area contributed by atoms with E-state index in [1.54, 1.807) is 36.9 Å². The monoisotopic (exact) mass is 530 g/mol. The number of pyridine rings is 1. The SMILES string of the molecule is CC(C)(O)[C@H](F)CNC(=O)c1cnc(-c2cnn3cc(C#N)cnc23)cc1N[C@@H]1CCN(c2ncccn2)C1. The Hall–Kier alpha value is -4.70. The normalized spacial score (nSPS) is 16.2. The minimum Gasteiger partial charge on any atom is -0.387 e. The third-order valence-electron chi connectivity index (χ3n) is 6.50. The molecule has 0 saturated carbocycles.